The Bertz CT molecular complexity index is 327. The van der Waals surface area contributed by atoms with Crippen LogP contribution in [-0.4, -0.2) is 13.1 Å². The molecule has 0 bridgehead atoms. The maximum atomic E-state index is 5.52. The molecule has 3 N–H and O–H groups in total. The highest BCUT2D eigenvalue weighted by molar-refractivity contribution is 5.25. The first-order valence-corrected chi connectivity index (χ1v) is 6.81. The molecule has 0 aliphatic heterocycles. The highest BCUT2D eigenvalue weighted by Crippen LogP contribution is 2.40. The van der Waals surface area contributed by atoms with Crippen LogP contribution in [0.25, 0.3) is 0 Å². The van der Waals surface area contributed by atoms with Gasteiger partial charge in [-0.3, -0.25) is 0 Å². The van der Waals surface area contributed by atoms with E-state index in [-0.39, 0.29) is 0 Å². The van der Waals surface area contributed by atoms with Crippen molar-refractivity contribution >= 4 is 0 Å². The second kappa shape index (κ2) is 6.18. The number of hydrogen-bond acceptors (Lipinski definition) is 2. The Hall–Kier alpha value is -0.860. The largest absolute Gasteiger partial charge is 0.330 e. The molecule has 2 nitrogen and oxygen atoms in total. The summed E-state index contributed by atoms with van der Waals surface area (Å²) in [4.78, 5) is 0. The van der Waals surface area contributed by atoms with Gasteiger partial charge in [-0.1, -0.05) is 29.8 Å². The van der Waals surface area contributed by atoms with E-state index in [0.717, 1.165) is 25.4 Å². The van der Waals surface area contributed by atoms with Gasteiger partial charge in [-0.05, 0) is 57.2 Å². The number of rotatable bonds is 7. The lowest BCUT2D eigenvalue weighted by Crippen LogP contribution is -2.24. The zero-order chi connectivity index (χ0) is 12.1. The summed E-state index contributed by atoms with van der Waals surface area (Å²) in [5.41, 5.74) is 8.31. The molecule has 0 radical (unpaired) electrons. The van der Waals surface area contributed by atoms with Gasteiger partial charge in [0.2, 0.25) is 0 Å². The van der Waals surface area contributed by atoms with Crippen molar-refractivity contribution in [1.29, 1.82) is 0 Å². The molecule has 0 spiro atoms. The fourth-order valence-electron chi connectivity index (χ4n) is 2.29. The molecule has 17 heavy (non-hydrogen) atoms. The lowest BCUT2D eigenvalue weighted by molar-refractivity contribution is 0.471. The Balaban J connectivity index is 1.90. The minimum Gasteiger partial charge on any atom is -0.330 e. The summed E-state index contributed by atoms with van der Waals surface area (Å²) in [5, 5.41) is 3.70. The number of unbranched alkanes of at least 4 members (excludes halogenated alkanes) is 1. The fourth-order valence-corrected chi connectivity index (χ4v) is 2.29. The van der Waals surface area contributed by atoms with E-state index in [1.165, 1.54) is 30.4 Å². The third-order valence-electron chi connectivity index (χ3n) is 3.53. The number of nitrogens with one attached hydrogen (secondary N) is 1. The fraction of sp³-hybridized carbons (Fsp3) is 0.600. The average Bonchev–Trinajstić information content (AvgIpc) is 3.15. The van der Waals surface area contributed by atoms with E-state index in [4.69, 9.17) is 5.73 Å². The van der Waals surface area contributed by atoms with E-state index in [1.807, 2.05) is 0 Å². The molecular formula is C15H24N2. The molecule has 1 saturated carbocycles. The predicted molar refractivity (Wildman–Crippen MR) is 72.9 cm³/mol. The van der Waals surface area contributed by atoms with Gasteiger partial charge in [0.05, 0.1) is 0 Å². The molecule has 1 aliphatic carbocycles. The molecule has 1 atom stereocenters. The first-order chi connectivity index (χ1) is 8.31. The number of aryl methyl sites for hydroxylation is 1. The van der Waals surface area contributed by atoms with Gasteiger partial charge < -0.3 is 11.1 Å². The SMILES string of the molecule is Cc1ccc(C(NCCCCN)C2CC2)cc1. The van der Waals surface area contributed by atoms with Crippen LogP contribution in [0.4, 0.5) is 0 Å². The van der Waals surface area contributed by atoms with Crippen molar-refractivity contribution in [3.05, 3.63) is 35.4 Å². The quantitative estimate of drug-likeness (QED) is 0.709. The van der Waals surface area contributed by atoms with Crippen molar-refractivity contribution < 1.29 is 0 Å². The molecule has 1 unspecified atom stereocenters. The summed E-state index contributed by atoms with van der Waals surface area (Å²) in [6.07, 6.45) is 5.06. The van der Waals surface area contributed by atoms with Crippen molar-refractivity contribution in [3.8, 4) is 0 Å². The van der Waals surface area contributed by atoms with Gasteiger partial charge in [0.15, 0.2) is 0 Å². The molecule has 94 valence electrons. The molecule has 1 aliphatic rings. The van der Waals surface area contributed by atoms with E-state index >= 15 is 0 Å². The molecule has 2 heteroatoms. The third kappa shape index (κ3) is 3.83. The second-order valence-corrected chi connectivity index (χ2v) is 5.18. The first kappa shape index (κ1) is 12.6. The molecule has 0 heterocycles. The van der Waals surface area contributed by atoms with Crippen LogP contribution in [-0.2, 0) is 0 Å². The van der Waals surface area contributed by atoms with Gasteiger partial charge in [0.1, 0.15) is 0 Å². The van der Waals surface area contributed by atoms with Gasteiger partial charge in [-0.25, -0.2) is 0 Å². The second-order valence-electron chi connectivity index (χ2n) is 5.18. The monoisotopic (exact) mass is 232 g/mol. The third-order valence-corrected chi connectivity index (χ3v) is 3.53. The van der Waals surface area contributed by atoms with Crippen molar-refractivity contribution in [3.63, 3.8) is 0 Å². The maximum Gasteiger partial charge on any atom is 0.0348 e. The van der Waals surface area contributed by atoms with Crippen LogP contribution in [0.2, 0.25) is 0 Å². The summed E-state index contributed by atoms with van der Waals surface area (Å²) >= 11 is 0. The molecule has 0 saturated heterocycles. The molecule has 2 rings (SSSR count). The number of hydrogen-bond donors (Lipinski definition) is 2. The van der Waals surface area contributed by atoms with Crippen LogP contribution in [0.5, 0.6) is 0 Å². The van der Waals surface area contributed by atoms with Crippen LogP contribution >= 0.6 is 0 Å². The minimum atomic E-state index is 0.563. The highest BCUT2D eigenvalue weighted by Gasteiger charge is 2.31. The summed E-state index contributed by atoms with van der Waals surface area (Å²) < 4.78 is 0. The predicted octanol–water partition coefficient (Wildman–Crippen LogP) is 2.77. The van der Waals surface area contributed by atoms with Crippen LogP contribution < -0.4 is 11.1 Å². The normalized spacial score (nSPS) is 17.1. The standard InChI is InChI=1S/C15H24N2/c1-12-4-6-13(7-5-12)15(14-8-9-14)17-11-3-2-10-16/h4-7,14-15,17H,2-3,8-11,16H2,1H3. The Morgan fingerprint density at radius 2 is 1.94 bits per heavy atom. The van der Waals surface area contributed by atoms with Gasteiger partial charge in [0.25, 0.3) is 0 Å². The molecule has 1 aromatic rings. The lowest BCUT2D eigenvalue weighted by atomic mass is 10.0. The topological polar surface area (TPSA) is 38.0 Å². The van der Waals surface area contributed by atoms with Crippen LogP contribution in [0, 0.1) is 12.8 Å². The summed E-state index contributed by atoms with van der Waals surface area (Å²) in [7, 11) is 0. The zero-order valence-corrected chi connectivity index (χ0v) is 10.8. The van der Waals surface area contributed by atoms with Crippen LogP contribution in [0.15, 0.2) is 24.3 Å². The first-order valence-electron chi connectivity index (χ1n) is 6.81. The van der Waals surface area contributed by atoms with Gasteiger partial charge >= 0.3 is 0 Å². The Labute approximate surface area is 105 Å². The van der Waals surface area contributed by atoms with E-state index in [0.29, 0.717) is 6.04 Å². The Morgan fingerprint density at radius 3 is 2.53 bits per heavy atom. The summed E-state index contributed by atoms with van der Waals surface area (Å²) in [6, 6.07) is 9.54. The van der Waals surface area contributed by atoms with Crippen molar-refractivity contribution in [2.75, 3.05) is 13.1 Å². The Kier molecular flexibility index (Phi) is 4.57. The minimum absolute atomic E-state index is 0.563. The van der Waals surface area contributed by atoms with Gasteiger partial charge in [0, 0.05) is 6.04 Å². The van der Waals surface area contributed by atoms with Crippen LogP contribution in [0.3, 0.4) is 0 Å². The molecule has 1 aromatic carbocycles. The molecule has 1 fully saturated rings. The van der Waals surface area contributed by atoms with E-state index in [2.05, 4.69) is 36.5 Å². The molecular weight excluding hydrogens is 208 g/mol. The average molecular weight is 232 g/mol. The zero-order valence-electron chi connectivity index (χ0n) is 10.8. The van der Waals surface area contributed by atoms with E-state index in [9.17, 15) is 0 Å². The van der Waals surface area contributed by atoms with E-state index < -0.39 is 0 Å². The highest BCUT2D eigenvalue weighted by atomic mass is 14.9. The maximum absolute atomic E-state index is 5.52. The summed E-state index contributed by atoms with van der Waals surface area (Å²) in [6.45, 7) is 4.04. The number of nitrogens with two attached hydrogens (primary N) is 1. The van der Waals surface area contributed by atoms with E-state index in [1.54, 1.807) is 0 Å². The Morgan fingerprint density at radius 1 is 1.24 bits per heavy atom. The smallest absolute Gasteiger partial charge is 0.0348 e. The lowest BCUT2D eigenvalue weighted by Gasteiger charge is -2.19. The summed E-state index contributed by atoms with van der Waals surface area (Å²) in [5.74, 6) is 0.857. The molecule has 0 aromatic heterocycles. The molecule has 0 amide bonds. The van der Waals surface area contributed by atoms with Crippen LogP contribution in [0.1, 0.15) is 42.9 Å². The number of benzene rings is 1. The van der Waals surface area contributed by atoms with Gasteiger partial charge in [-0.2, -0.15) is 0 Å². The van der Waals surface area contributed by atoms with Crippen molar-refractivity contribution in [2.24, 2.45) is 11.7 Å². The van der Waals surface area contributed by atoms with Gasteiger partial charge in [-0.15, -0.1) is 0 Å². The van der Waals surface area contributed by atoms with Crippen molar-refractivity contribution in [2.45, 2.75) is 38.6 Å². The van der Waals surface area contributed by atoms with Crippen molar-refractivity contribution in [1.82, 2.24) is 5.32 Å².